The highest BCUT2D eigenvalue weighted by Gasteiger charge is 2.31. The second kappa shape index (κ2) is 13.3. The number of pyridine rings is 1. The number of rotatable bonds is 12. The molecule has 2 N–H and O–H groups in total. The largest absolute Gasteiger partial charge is 0.497 e. The van der Waals surface area contributed by atoms with E-state index in [2.05, 4.69) is 41.1 Å². The number of hydrogen-bond acceptors (Lipinski definition) is 6. The Bertz CT molecular complexity index is 1190. The number of carboxylic acids is 1. The number of aliphatic carboxylic acids is 1. The van der Waals surface area contributed by atoms with Crippen molar-refractivity contribution in [2.24, 2.45) is 11.8 Å². The number of aromatic nitrogens is 1. The fourth-order valence-electron chi connectivity index (χ4n) is 5.47. The third-order valence-electron chi connectivity index (χ3n) is 7.44. The van der Waals surface area contributed by atoms with Gasteiger partial charge in [0, 0.05) is 29.4 Å². The number of fused-ring (bicyclic) bond motifs is 1. The molecule has 2 heterocycles. The van der Waals surface area contributed by atoms with E-state index in [9.17, 15) is 15.0 Å². The van der Waals surface area contributed by atoms with Gasteiger partial charge in [-0.05, 0) is 105 Å². The van der Waals surface area contributed by atoms with E-state index < -0.39 is 12.1 Å². The maximum absolute atomic E-state index is 11.6. The molecule has 4 rings (SSSR count). The van der Waals surface area contributed by atoms with Crippen molar-refractivity contribution in [2.75, 3.05) is 32.5 Å². The molecule has 2 aromatic carbocycles. The van der Waals surface area contributed by atoms with Crippen LogP contribution in [-0.2, 0) is 4.79 Å². The highest BCUT2D eigenvalue weighted by atomic mass is 32.2. The lowest BCUT2D eigenvalue weighted by Crippen LogP contribution is -2.42. The maximum atomic E-state index is 11.6. The van der Waals surface area contributed by atoms with Crippen LogP contribution in [0.15, 0.2) is 59.6 Å². The quantitative estimate of drug-likeness (QED) is 0.224. The monoisotopic (exact) mass is 522 g/mol. The molecule has 3 aromatic rings. The van der Waals surface area contributed by atoms with E-state index in [1.54, 1.807) is 13.3 Å². The number of aliphatic hydroxyl groups excluding tert-OH is 1. The van der Waals surface area contributed by atoms with Gasteiger partial charge in [-0.2, -0.15) is 0 Å². The van der Waals surface area contributed by atoms with E-state index in [0.717, 1.165) is 66.9 Å². The van der Waals surface area contributed by atoms with Crippen LogP contribution >= 0.6 is 11.8 Å². The van der Waals surface area contributed by atoms with E-state index in [-0.39, 0.29) is 12.3 Å². The second-order valence-electron chi connectivity index (χ2n) is 10.1. The Morgan fingerprint density at radius 1 is 1.22 bits per heavy atom. The van der Waals surface area contributed by atoms with Crippen molar-refractivity contribution in [1.29, 1.82) is 0 Å². The number of aliphatic hydroxyl groups is 1. The molecule has 0 unspecified atom stereocenters. The molecule has 6 nitrogen and oxygen atoms in total. The molecule has 1 fully saturated rings. The van der Waals surface area contributed by atoms with Gasteiger partial charge in [0.2, 0.25) is 0 Å². The minimum atomic E-state index is -0.736. The molecule has 1 saturated heterocycles. The minimum Gasteiger partial charge on any atom is -0.497 e. The van der Waals surface area contributed by atoms with E-state index in [1.807, 2.05) is 36.0 Å². The third-order valence-corrected chi connectivity index (χ3v) is 8.52. The van der Waals surface area contributed by atoms with Gasteiger partial charge in [-0.1, -0.05) is 17.7 Å². The Labute approximate surface area is 224 Å². The molecule has 0 amide bonds. The van der Waals surface area contributed by atoms with Gasteiger partial charge < -0.3 is 19.8 Å². The van der Waals surface area contributed by atoms with Crippen molar-refractivity contribution in [3.05, 3.63) is 65.9 Å². The maximum Gasteiger partial charge on any atom is 0.303 e. The number of thioether (sulfide) groups is 1. The van der Waals surface area contributed by atoms with Crippen LogP contribution in [0.25, 0.3) is 10.9 Å². The molecule has 0 aliphatic carbocycles. The summed E-state index contributed by atoms with van der Waals surface area (Å²) >= 11 is 1.89. The van der Waals surface area contributed by atoms with Crippen LogP contribution < -0.4 is 4.74 Å². The lowest BCUT2D eigenvalue weighted by atomic mass is 9.79. The van der Waals surface area contributed by atoms with E-state index in [4.69, 9.17) is 4.74 Å². The lowest BCUT2D eigenvalue weighted by Gasteiger charge is -2.38. The topological polar surface area (TPSA) is 82.9 Å². The number of hydrogen-bond donors (Lipinski definition) is 2. The summed E-state index contributed by atoms with van der Waals surface area (Å²) in [5.74, 6) is 1.47. The molecule has 1 aliphatic heterocycles. The summed E-state index contributed by atoms with van der Waals surface area (Å²) < 4.78 is 5.36. The van der Waals surface area contributed by atoms with Crippen molar-refractivity contribution < 1.29 is 19.7 Å². The minimum absolute atomic E-state index is 0.108. The van der Waals surface area contributed by atoms with Gasteiger partial charge in [-0.3, -0.25) is 9.78 Å². The van der Waals surface area contributed by atoms with Crippen LogP contribution in [0.3, 0.4) is 0 Å². The van der Waals surface area contributed by atoms with Crippen LogP contribution in [0.4, 0.5) is 0 Å². The van der Waals surface area contributed by atoms with Gasteiger partial charge in [0.05, 0.1) is 18.7 Å². The summed E-state index contributed by atoms with van der Waals surface area (Å²) in [6.07, 6.45) is 4.76. The Morgan fingerprint density at radius 3 is 2.86 bits per heavy atom. The Morgan fingerprint density at radius 2 is 2.08 bits per heavy atom. The summed E-state index contributed by atoms with van der Waals surface area (Å²) in [6, 6.07) is 16.2. The molecular formula is C30H38N2O4S. The third kappa shape index (κ3) is 7.69. The highest BCUT2D eigenvalue weighted by Crippen LogP contribution is 2.35. The number of aryl methyl sites for hydroxylation is 1. The molecule has 37 heavy (non-hydrogen) atoms. The number of carbonyl (C=O) groups is 1. The molecule has 0 spiro atoms. The summed E-state index contributed by atoms with van der Waals surface area (Å²) in [4.78, 5) is 19.8. The number of nitrogens with zero attached hydrogens (tertiary/aromatic N) is 2. The lowest BCUT2D eigenvalue weighted by molar-refractivity contribution is -0.139. The first kappa shape index (κ1) is 27.4. The summed E-state index contributed by atoms with van der Waals surface area (Å²) in [6.45, 7) is 4.92. The van der Waals surface area contributed by atoms with Crippen LogP contribution in [0, 0.1) is 18.8 Å². The molecule has 0 radical (unpaired) electrons. The number of methoxy groups -OCH3 is 1. The molecular weight excluding hydrogens is 484 g/mol. The van der Waals surface area contributed by atoms with Crippen LogP contribution in [0.1, 0.15) is 49.3 Å². The molecule has 0 saturated carbocycles. The first-order valence-electron chi connectivity index (χ1n) is 13.2. The van der Waals surface area contributed by atoms with E-state index in [0.29, 0.717) is 12.3 Å². The van der Waals surface area contributed by atoms with Gasteiger partial charge >= 0.3 is 5.97 Å². The first-order chi connectivity index (χ1) is 17.9. The SMILES string of the molecule is COc1ccc2nccc([C@@H](O)CC[C@@H]3CCN(CCCSc4cccc(C)c4)C[C@@H]3CC(=O)O)c2c1. The Kier molecular flexibility index (Phi) is 9.83. The van der Waals surface area contributed by atoms with Crippen molar-refractivity contribution in [3.63, 3.8) is 0 Å². The zero-order valence-electron chi connectivity index (χ0n) is 21.8. The van der Waals surface area contributed by atoms with Gasteiger partial charge in [0.25, 0.3) is 0 Å². The Hall–Kier alpha value is -2.61. The molecule has 0 bridgehead atoms. The van der Waals surface area contributed by atoms with Crippen LogP contribution in [0.2, 0.25) is 0 Å². The van der Waals surface area contributed by atoms with Crippen molar-refractivity contribution in [3.8, 4) is 5.75 Å². The molecule has 1 aromatic heterocycles. The number of likely N-dealkylation sites (tertiary alicyclic amines) is 1. The van der Waals surface area contributed by atoms with Gasteiger partial charge in [0.1, 0.15) is 5.75 Å². The van der Waals surface area contributed by atoms with Gasteiger partial charge in [-0.25, -0.2) is 0 Å². The van der Waals surface area contributed by atoms with E-state index >= 15 is 0 Å². The van der Waals surface area contributed by atoms with Gasteiger partial charge in [0.15, 0.2) is 0 Å². The number of piperidine rings is 1. The fraction of sp³-hybridized carbons (Fsp3) is 0.467. The molecule has 198 valence electrons. The smallest absolute Gasteiger partial charge is 0.303 e. The Balaban J connectivity index is 1.31. The highest BCUT2D eigenvalue weighted by molar-refractivity contribution is 7.99. The van der Waals surface area contributed by atoms with E-state index in [1.165, 1.54) is 10.5 Å². The predicted octanol–water partition coefficient (Wildman–Crippen LogP) is 5.96. The zero-order chi connectivity index (χ0) is 26.2. The average molecular weight is 523 g/mol. The van der Waals surface area contributed by atoms with Crippen molar-refractivity contribution in [2.45, 2.75) is 50.0 Å². The van der Waals surface area contributed by atoms with Crippen LogP contribution in [-0.4, -0.2) is 58.6 Å². The number of benzene rings is 2. The van der Waals surface area contributed by atoms with Gasteiger partial charge in [-0.15, -0.1) is 11.8 Å². The van der Waals surface area contributed by atoms with Crippen molar-refractivity contribution in [1.82, 2.24) is 9.88 Å². The number of ether oxygens (including phenoxy) is 1. The standard InChI is InChI=1S/C30H38N2O4S/c1-21-5-3-6-25(17-21)37-16-4-14-32-15-12-22(23(20-32)18-30(34)35)7-10-29(33)26-11-13-31-28-9-8-24(36-2)19-27(26)28/h3,5-6,8-9,11,13,17,19,22-23,29,33H,4,7,10,12,14-16,18,20H2,1-2H3,(H,34,35)/t22-,23+,29+/m1/s1. The molecule has 7 heteroatoms. The average Bonchev–Trinajstić information content (AvgIpc) is 2.89. The van der Waals surface area contributed by atoms with Crippen molar-refractivity contribution >= 4 is 28.6 Å². The molecule has 1 aliphatic rings. The zero-order valence-corrected chi connectivity index (χ0v) is 22.6. The summed E-state index contributed by atoms with van der Waals surface area (Å²) in [7, 11) is 1.63. The molecule has 3 atom stereocenters. The first-order valence-corrected chi connectivity index (χ1v) is 14.2. The number of carboxylic acid groups (broad SMARTS) is 1. The fourth-order valence-corrected chi connectivity index (χ4v) is 6.42. The normalized spacial score (nSPS) is 19.1. The van der Waals surface area contributed by atoms with Crippen LogP contribution in [0.5, 0.6) is 5.75 Å². The second-order valence-corrected chi connectivity index (χ2v) is 11.3. The predicted molar refractivity (Wildman–Crippen MR) is 149 cm³/mol. The summed E-state index contributed by atoms with van der Waals surface area (Å²) in [5.41, 5.74) is 2.96. The summed E-state index contributed by atoms with van der Waals surface area (Å²) in [5, 5.41) is 21.6.